The summed E-state index contributed by atoms with van der Waals surface area (Å²) >= 11 is 11.8. The van der Waals surface area contributed by atoms with Gasteiger partial charge in [-0.05, 0) is 50.9 Å². The van der Waals surface area contributed by atoms with Crippen LogP contribution in [0, 0.1) is 0 Å². The number of nitrogens with one attached hydrogen (secondary N) is 2. The number of benzene rings is 1. The van der Waals surface area contributed by atoms with E-state index in [0.29, 0.717) is 28.7 Å². The summed E-state index contributed by atoms with van der Waals surface area (Å²) in [4.78, 5) is 24.1. The predicted octanol–water partition coefficient (Wildman–Crippen LogP) is 2.58. The predicted molar refractivity (Wildman–Crippen MR) is 96.4 cm³/mol. The fourth-order valence-corrected chi connectivity index (χ4v) is 2.38. The number of nitrogens with two attached hydrogens (primary N) is 1. The second-order valence-electron chi connectivity index (χ2n) is 5.36. The molecular formula is C16H23Cl2N3O3. The van der Waals surface area contributed by atoms with Crippen LogP contribution in [0.1, 0.15) is 26.2 Å². The normalized spacial score (nSPS) is 13.0. The van der Waals surface area contributed by atoms with Crippen molar-refractivity contribution in [3.05, 3.63) is 28.2 Å². The van der Waals surface area contributed by atoms with Crippen molar-refractivity contribution in [3.8, 4) is 0 Å². The summed E-state index contributed by atoms with van der Waals surface area (Å²) in [5.74, 6) is -0.786. The first-order valence-electron chi connectivity index (χ1n) is 7.69. The first kappa shape index (κ1) is 20.5. The Morgan fingerprint density at radius 2 is 1.96 bits per heavy atom. The lowest BCUT2D eigenvalue weighted by atomic mass is 10.1. The number of ether oxygens (including phenoxy) is 1. The molecule has 0 aliphatic rings. The molecule has 1 amide bonds. The number of unbranched alkanes of at least 4 members (excludes halogenated alkanes) is 1. The van der Waals surface area contributed by atoms with Gasteiger partial charge in [-0.1, -0.05) is 23.2 Å². The average Bonchev–Trinajstić information content (AvgIpc) is 2.56. The molecule has 6 nitrogen and oxygen atoms in total. The lowest BCUT2D eigenvalue weighted by molar-refractivity contribution is -0.145. The maximum absolute atomic E-state index is 12.3. The van der Waals surface area contributed by atoms with Gasteiger partial charge in [0.25, 0.3) is 0 Å². The largest absolute Gasteiger partial charge is 0.467 e. The number of amides is 1. The summed E-state index contributed by atoms with van der Waals surface area (Å²) < 4.78 is 4.73. The summed E-state index contributed by atoms with van der Waals surface area (Å²) in [6.45, 7) is 2.23. The van der Waals surface area contributed by atoms with Crippen molar-refractivity contribution in [2.45, 2.75) is 38.3 Å². The molecule has 0 bridgehead atoms. The first-order valence-corrected chi connectivity index (χ1v) is 8.44. The Morgan fingerprint density at radius 1 is 1.25 bits per heavy atom. The quantitative estimate of drug-likeness (QED) is 0.455. The number of carbonyl (C=O) groups is 2. The van der Waals surface area contributed by atoms with Gasteiger partial charge in [0, 0.05) is 5.69 Å². The van der Waals surface area contributed by atoms with Crippen LogP contribution < -0.4 is 16.4 Å². The van der Waals surface area contributed by atoms with E-state index < -0.39 is 18.1 Å². The van der Waals surface area contributed by atoms with E-state index in [1.165, 1.54) is 7.11 Å². The van der Waals surface area contributed by atoms with E-state index in [-0.39, 0.29) is 5.91 Å². The highest BCUT2D eigenvalue weighted by atomic mass is 35.5. The number of hydrogen-bond acceptors (Lipinski definition) is 5. The first-order chi connectivity index (χ1) is 11.4. The lowest BCUT2D eigenvalue weighted by Crippen LogP contribution is -2.47. The molecule has 1 rings (SSSR count). The molecule has 8 heteroatoms. The van der Waals surface area contributed by atoms with Crippen molar-refractivity contribution in [2.75, 3.05) is 19.0 Å². The van der Waals surface area contributed by atoms with Gasteiger partial charge in [0.2, 0.25) is 5.91 Å². The molecular weight excluding hydrogens is 353 g/mol. The van der Waals surface area contributed by atoms with Gasteiger partial charge in [0.1, 0.15) is 12.1 Å². The molecule has 2 unspecified atom stereocenters. The molecule has 0 aliphatic carbocycles. The third-order valence-corrected chi connectivity index (χ3v) is 4.18. The molecule has 0 aromatic heterocycles. The minimum atomic E-state index is -0.688. The van der Waals surface area contributed by atoms with Gasteiger partial charge in [0.15, 0.2) is 0 Å². The molecule has 0 fully saturated rings. The maximum atomic E-state index is 12.3. The van der Waals surface area contributed by atoms with Gasteiger partial charge in [0.05, 0.1) is 17.2 Å². The van der Waals surface area contributed by atoms with E-state index in [4.69, 9.17) is 33.7 Å². The summed E-state index contributed by atoms with van der Waals surface area (Å²) in [5, 5.41) is 6.54. The Bertz CT molecular complexity index is 569. The Hall–Kier alpha value is -1.50. The summed E-state index contributed by atoms with van der Waals surface area (Å²) in [7, 11) is 1.29. The molecule has 1 aromatic rings. The average molecular weight is 376 g/mol. The molecule has 0 spiro atoms. The zero-order chi connectivity index (χ0) is 18.1. The van der Waals surface area contributed by atoms with Crippen molar-refractivity contribution in [2.24, 2.45) is 5.73 Å². The van der Waals surface area contributed by atoms with Gasteiger partial charge >= 0.3 is 5.97 Å². The second-order valence-corrected chi connectivity index (χ2v) is 6.18. The number of halogens is 2. The van der Waals surface area contributed by atoms with E-state index in [2.05, 4.69) is 10.6 Å². The van der Waals surface area contributed by atoms with Crippen molar-refractivity contribution in [1.29, 1.82) is 0 Å². The second kappa shape index (κ2) is 10.4. The number of hydrogen-bond donors (Lipinski definition) is 3. The number of carbonyl (C=O) groups excluding carboxylic acids is 2. The lowest BCUT2D eigenvalue weighted by Gasteiger charge is -2.20. The summed E-state index contributed by atoms with van der Waals surface area (Å²) in [6, 6.07) is 3.74. The van der Waals surface area contributed by atoms with Crippen molar-refractivity contribution >= 4 is 40.8 Å². The van der Waals surface area contributed by atoms with Crippen LogP contribution in [0.15, 0.2) is 18.2 Å². The fraction of sp³-hybridized carbons (Fsp3) is 0.500. The van der Waals surface area contributed by atoms with Gasteiger partial charge in [-0.25, -0.2) is 4.79 Å². The van der Waals surface area contributed by atoms with Crippen molar-refractivity contribution in [1.82, 2.24) is 5.32 Å². The number of anilines is 1. The van der Waals surface area contributed by atoms with Crippen LogP contribution in [-0.2, 0) is 14.3 Å². The highest BCUT2D eigenvalue weighted by molar-refractivity contribution is 6.42. The topological polar surface area (TPSA) is 93.4 Å². The zero-order valence-electron chi connectivity index (χ0n) is 13.8. The Kier molecular flexibility index (Phi) is 8.89. The van der Waals surface area contributed by atoms with Crippen LogP contribution in [-0.4, -0.2) is 37.6 Å². The minimum Gasteiger partial charge on any atom is -0.467 e. The molecule has 4 N–H and O–H groups in total. The number of methoxy groups -OCH3 is 1. The Labute approximate surface area is 152 Å². The van der Waals surface area contributed by atoms with E-state index in [9.17, 15) is 9.59 Å². The Balaban J connectivity index is 2.64. The molecule has 0 saturated carbocycles. The third kappa shape index (κ3) is 6.55. The summed E-state index contributed by atoms with van der Waals surface area (Å²) in [6.07, 6.45) is 1.99. The third-order valence-electron chi connectivity index (χ3n) is 3.45. The number of rotatable bonds is 9. The fourth-order valence-electron chi connectivity index (χ4n) is 2.08. The molecule has 2 atom stereocenters. The van der Waals surface area contributed by atoms with Crippen LogP contribution in [0.4, 0.5) is 5.69 Å². The molecule has 0 radical (unpaired) electrons. The van der Waals surface area contributed by atoms with Crippen LogP contribution in [0.2, 0.25) is 10.0 Å². The zero-order valence-corrected chi connectivity index (χ0v) is 15.3. The highest BCUT2D eigenvalue weighted by Gasteiger charge is 2.23. The van der Waals surface area contributed by atoms with Gasteiger partial charge in [-0.15, -0.1) is 0 Å². The molecule has 1 aromatic carbocycles. The monoisotopic (exact) mass is 375 g/mol. The minimum absolute atomic E-state index is 0.316. The molecule has 24 heavy (non-hydrogen) atoms. The van der Waals surface area contributed by atoms with Gasteiger partial charge in [-0.3, -0.25) is 4.79 Å². The number of esters is 1. The van der Waals surface area contributed by atoms with Crippen molar-refractivity contribution in [3.63, 3.8) is 0 Å². The summed E-state index contributed by atoms with van der Waals surface area (Å²) in [5.41, 5.74) is 6.11. The van der Waals surface area contributed by atoms with Gasteiger partial charge in [-0.2, -0.15) is 0 Å². The maximum Gasteiger partial charge on any atom is 0.328 e. The molecule has 134 valence electrons. The Morgan fingerprint density at radius 3 is 2.54 bits per heavy atom. The highest BCUT2D eigenvalue weighted by Crippen LogP contribution is 2.25. The van der Waals surface area contributed by atoms with Crippen molar-refractivity contribution < 1.29 is 14.3 Å². The van der Waals surface area contributed by atoms with Crippen LogP contribution in [0.25, 0.3) is 0 Å². The van der Waals surface area contributed by atoms with E-state index in [0.717, 1.165) is 12.8 Å². The van der Waals surface area contributed by atoms with Crippen LogP contribution >= 0.6 is 23.2 Å². The molecule has 0 aliphatic heterocycles. The molecule has 0 heterocycles. The van der Waals surface area contributed by atoms with E-state index >= 15 is 0 Å². The smallest absolute Gasteiger partial charge is 0.328 e. The van der Waals surface area contributed by atoms with Gasteiger partial charge < -0.3 is 21.1 Å². The van der Waals surface area contributed by atoms with E-state index in [1.54, 1.807) is 25.1 Å². The van der Waals surface area contributed by atoms with E-state index in [1.807, 2.05) is 0 Å². The van der Waals surface area contributed by atoms with Crippen LogP contribution in [0.3, 0.4) is 0 Å². The standard InChI is InChI=1S/C16H23Cl2N3O3/c1-10(20-11-6-7-12(17)13(18)9-11)15(22)21-14(16(23)24-2)5-3-4-8-19/h6-7,9-10,14,20H,3-5,8,19H2,1-2H3,(H,21,22). The molecule has 0 saturated heterocycles. The van der Waals surface area contributed by atoms with Crippen LogP contribution in [0.5, 0.6) is 0 Å². The SMILES string of the molecule is COC(=O)C(CCCCN)NC(=O)C(C)Nc1ccc(Cl)c(Cl)c1.